The van der Waals surface area contributed by atoms with Crippen LogP contribution in [0.2, 0.25) is 0 Å². The maximum absolute atomic E-state index is 11.2. The molecule has 1 aliphatic rings. The Morgan fingerprint density at radius 1 is 1.44 bits per heavy atom. The Kier molecular flexibility index (Phi) is 5.77. The normalized spacial score (nSPS) is 17.1. The third-order valence-electron chi connectivity index (χ3n) is 3.20. The first-order chi connectivity index (χ1) is 7.72. The molecule has 0 unspecified atom stereocenters. The van der Waals surface area contributed by atoms with E-state index in [0.717, 1.165) is 32.7 Å². The molecular formula is C12H24N2O2. The summed E-state index contributed by atoms with van der Waals surface area (Å²) in [5, 5.41) is 6.16. The van der Waals surface area contributed by atoms with E-state index in [1.807, 2.05) is 6.92 Å². The van der Waals surface area contributed by atoms with Crippen LogP contribution >= 0.6 is 0 Å². The minimum absolute atomic E-state index is 0.136. The highest BCUT2D eigenvalue weighted by Crippen LogP contribution is 2.48. The number of nitrogens with one attached hydrogen (secondary N) is 2. The molecule has 2 N–H and O–H groups in total. The van der Waals surface area contributed by atoms with Crippen molar-refractivity contribution in [3.63, 3.8) is 0 Å². The molecule has 0 atom stereocenters. The van der Waals surface area contributed by atoms with Crippen molar-refractivity contribution in [1.29, 1.82) is 0 Å². The van der Waals surface area contributed by atoms with Gasteiger partial charge in [0, 0.05) is 39.8 Å². The first-order valence-electron chi connectivity index (χ1n) is 6.19. The van der Waals surface area contributed by atoms with Crippen molar-refractivity contribution in [3.8, 4) is 0 Å². The van der Waals surface area contributed by atoms with Crippen LogP contribution in [0.25, 0.3) is 0 Å². The molecule has 0 saturated heterocycles. The van der Waals surface area contributed by atoms with Gasteiger partial charge in [-0.05, 0) is 31.6 Å². The molecule has 1 saturated carbocycles. The van der Waals surface area contributed by atoms with Gasteiger partial charge in [0.25, 0.3) is 0 Å². The van der Waals surface area contributed by atoms with Crippen LogP contribution in [0.5, 0.6) is 0 Å². The predicted octanol–water partition coefficient (Wildman–Crippen LogP) is 0.919. The third-order valence-corrected chi connectivity index (χ3v) is 3.20. The molecule has 0 aromatic carbocycles. The second-order valence-electron chi connectivity index (χ2n) is 4.62. The number of carbonyl (C=O) groups is 1. The fraction of sp³-hybridized carbons (Fsp3) is 0.917. The van der Waals surface area contributed by atoms with E-state index < -0.39 is 0 Å². The molecule has 1 amide bonds. The Hall–Kier alpha value is -0.610. The van der Waals surface area contributed by atoms with Crippen LogP contribution < -0.4 is 10.6 Å². The van der Waals surface area contributed by atoms with Gasteiger partial charge in [-0.3, -0.25) is 4.79 Å². The van der Waals surface area contributed by atoms with E-state index >= 15 is 0 Å². The average molecular weight is 228 g/mol. The van der Waals surface area contributed by atoms with E-state index in [0.29, 0.717) is 11.8 Å². The molecule has 1 fully saturated rings. The summed E-state index contributed by atoms with van der Waals surface area (Å²) >= 11 is 0. The van der Waals surface area contributed by atoms with Crippen molar-refractivity contribution in [2.24, 2.45) is 5.41 Å². The maximum atomic E-state index is 11.2. The van der Waals surface area contributed by atoms with Gasteiger partial charge in [0.05, 0.1) is 0 Å². The number of hydrogen-bond acceptors (Lipinski definition) is 3. The lowest BCUT2D eigenvalue weighted by Gasteiger charge is -2.15. The predicted molar refractivity (Wildman–Crippen MR) is 64.3 cm³/mol. The lowest BCUT2D eigenvalue weighted by Crippen LogP contribution is -2.30. The van der Waals surface area contributed by atoms with E-state index in [9.17, 15) is 4.79 Å². The van der Waals surface area contributed by atoms with E-state index in [2.05, 4.69) is 10.6 Å². The average Bonchev–Trinajstić information content (AvgIpc) is 3.03. The van der Waals surface area contributed by atoms with E-state index in [-0.39, 0.29) is 5.91 Å². The molecular weight excluding hydrogens is 204 g/mol. The first-order valence-corrected chi connectivity index (χ1v) is 6.19. The lowest BCUT2D eigenvalue weighted by atomic mass is 10.0. The number of hydrogen-bond donors (Lipinski definition) is 2. The fourth-order valence-electron chi connectivity index (χ4n) is 1.85. The second kappa shape index (κ2) is 6.86. The molecule has 4 nitrogen and oxygen atoms in total. The van der Waals surface area contributed by atoms with Crippen LogP contribution in [-0.2, 0) is 9.53 Å². The second-order valence-corrected chi connectivity index (χ2v) is 4.62. The lowest BCUT2D eigenvalue weighted by molar-refractivity contribution is -0.120. The monoisotopic (exact) mass is 228 g/mol. The minimum atomic E-state index is 0.136. The first kappa shape index (κ1) is 13.5. The molecule has 0 aliphatic heterocycles. The number of amides is 1. The van der Waals surface area contributed by atoms with Crippen LogP contribution in [0, 0.1) is 5.41 Å². The highest BCUT2D eigenvalue weighted by atomic mass is 16.5. The standard InChI is InChI=1S/C12H24N2O2/c1-3-14-11(15)4-8-13-10-12(5-6-12)7-9-16-2/h13H,3-10H2,1-2H3,(H,14,15). The van der Waals surface area contributed by atoms with Gasteiger partial charge in [-0.25, -0.2) is 0 Å². The van der Waals surface area contributed by atoms with Gasteiger partial charge >= 0.3 is 0 Å². The molecule has 1 rings (SSSR count). The number of carbonyl (C=O) groups excluding carboxylic acids is 1. The Morgan fingerprint density at radius 3 is 2.75 bits per heavy atom. The zero-order valence-electron chi connectivity index (χ0n) is 10.5. The van der Waals surface area contributed by atoms with Crippen molar-refractivity contribution in [1.82, 2.24) is 10.6 Å². The minimum Gasteiger partial charge on any atom is -0.385 e. The Labute approximate surface area is 98.1 Å². The van der Waals surface area contributed by atoms with Gasteiger partial charge in [-0.15, -0.1) is 0 Å². The van der Waals surface area contributed by atoms with Crippen LogP contribution in [0.15, 0.2) is 0 Å². The van der Waals surface area contributed by atoms with Crippen molar-refractivity contribution in [2.45, 2.75) is 32.6 Å². The Balaban J connectivity index is 2.00. The fourth-order valence-corrected chi connectivity index (χ4v) is 1.85. The van der Waals surface area contributed by atoms with Crippen molar-refractivity contribution in [3.05, 3.63) is 0 Å². The van der Waals surface area contributed by atoms with E-state index in [1.54, 1.807) is 7.11 Å². The molecule has 0 bridgehead atoms. The molecule has 0 radical (unpaired) electrons. The molecule has 16 heavy (non-hydrogen) atoms. The quantitative estimate of drug-likeness (QED) is 0.577. The molecule has 1 aliphatic carbocycles. The van der Waals surface area contributed by atoms with Gasteiger partial charge in [0.15, 0.2) is 0 Å². The summed E-state index contributed by atoms with van der Waals surface area (Å²) in [5.41, 5.74) is 0.469. The number of rotatable bonds is 9. The molecule has 4 heteroatoms. The van der Waals surface area contributed by atoms with Gasteiger partial charge in [-0.2, -0.15) is 0 Å². The zero-order chi connectivity index (χ0) is 11.9. The maximum Gasteiger partial charge on any atom is 0.221 e. The molecule has 94 valence electrons. The van der Waals surface area contributed by atoms with Gasteiger partial charge in [0.2, 0.25) is 5.91 Å². The van der Waals surface area contributed by atoms with Crippen molar-refractivity contribution < 1.29 is 9.53 Å². The smallest absolute Gasteiger partial charge is 0.221 e. The molecule has 0 aromatic heterocycles. The van der Waals surface area contributed by atoms with Crippen LogP contribution in [0.3, 0.4) is 0 Å². The molecule has 0 heterocycles. The summed E-state index contributed by atoms with van der Waals surface area (Å²) in [6, 6.07) is 0. The number of ether oxygens (including phenoxy) is 1. The SMILES string of the molecule is CCNC(=O)CCNCC1(CCOC)CC1. The Morgan fingerprint density at radius 2 is 2.19 bits per heavy atom. The highest BCUT2D eigenvalue weighted by molar-refractivity contribution is 5.75. The summed E-state index contributed by atoms with van der Waals surface area (Å²) in [5.74, 6) is 0.136. The summed E-state index contributed by atoms with van der Waals surface area (Å²) in [4.78, 5) is 11.2. The highest BCUT2D eigenvalue weighted by Gasteiger charge is 2.41. The largest absolute Gasteiger partial charge is 0.385 e. The van der Waals surface area contributed by atoms with Gasteiger partial charge < -0.3 is 15.4 Å². The van der Waals surface area contributed by atoms with Crippen LogP contribution in [0.4, 0.5) is 0 Å². The number of methoxy groups -OCH3 is 1. The zero-order valence-corrected chi connectivity index (χ0v) is 10.5. The van der Waals surface area contributed by atoms with Gasteiger partial charge in [0.1, 0.15) is 0 Å². The summed E-state index contributed by atoms with van der Waals surface area (Å²) in [6.07, 6.45) is 4.31. The van der Waals surface area contributed by atoms with Crippen LogP contribution in [-0.4, -0.2) is 39.3 Å². The van der Waals surface area contributed by atoms with Gasteiger partial charge in [-0.1, -0.05) is 0 Å². The van der Waals surface area contributed by atoms with E-state index in [4.69, 9.17) is 4.74 Å². The van der Waals surface area contributed by atoms with Crippen molar-refractivity contribution >= 4 is 5.91 Å². The third kappa shape index (κ3) is 4.94. The summed E-state index contributed by atoms with van der Waals surface area (Å²) in [6.45, 7) is 5.31. The van der Waals surface area contributed by atoms with Crippen LogP contribution in [0.1, 0.15) is 32.6 Å². The molecule has 0 spiro atoms. The Bertz CT molecular complexity index is 215. The summed E-state index contributed by atoms with van der Waals surface area (Å²) in [7, 11) is 1.75. The topological polar surface area (TPSA) is 50.4 Å². The van der Waals surface area contributed by atoms with E-state index in [1.165, 1.54) is 12.8 Å². The summed E-state index contributed by atoms with van der Waals surface area (Å²) < 4.78 is 5.10. The van der Waals surface area contributed by atoms with Crippen molar-refractivity contribution in [2.75, 3.05) is 33.4 Å². The molecule has 0 aromatic rings.